The van der Waals surface area contributed by atoms with Gasteiger partial charge in [0.25, 0.3) is 0 Å². The highest BCUT2D eigenvalue weighted by molar-refractivity contribution is 8.03. The third kappa shape index (κ3) is 4.46. The fraction of sp³-hybridized carbons (Fsp3) is 0.300. The molecule has 0 atom stereocenters. The van der Waals surface area contributed by atoms with Crippen LogP contribution in [0.25, 0.3) is 10.9 Å². The Kier molecular flexibility index (Phi) is 7.37. The van der Waals surface area contributed by atoms with E-state index in [2.05, 4.69) is 15.3 Å². The van der Waals surface area contributed by atoms with Crippen molar-refractivity contribution >= 4 is 51.7 Å². The summed E-state index contributed by atoms with van der Waals surface area (Å²) in [7, 11) is 4.37. The number of fused-ring (bicyclic) bond motifs is 1. The number of benzene rings is 1. The summed E-state index contributed by atoms with van der Waals surface area (Å²) in [6, 6.07) is 3.39. The number of thioether (sulfide) groups is 1. The van der Waals surface area contributed by atoms with Crippen LogP contribution >= 0.6 is 23.4 Å². The van der Waals surface area contributed by atoms with Gasteiger partial charge in [0.1, 0.15) is 29.5 Å². The second-order valence-electron chi connectivity index (χ2n) is 6.12. The monoisotopic (exact) mass is 465 g/mol. The first-order chi connectivity index (χ1) is 15.0. The average molecular weight is 466 g/mol. The number of anilines is 1. The third-order valence-corrected chi connectivity index (χ3v) is 5.52. The highest BCUT2D eigenvalue weighted by Gasteiger charge is 2.35. The average Bonchev–Trinajstić information content (AvgIpc) is 2.78. The van der Waals surface area contributed by atoms with E-state index >= 15 is 0 Å². The molecule has 0 radical (unpaired) electrons. The van der Waals surface area contributed by atoms with Gasteiger partial charge in [0, 0.05) is 18.6 Å². The van der Waals surface area contributed by atoms with Crippen molar-refractivity contribution in [2.45, 2.75) is 0 Å². The molecule has 1 heterocycles. The van der Waals surface area contributed by atoms with Crippen LogP contribution in [0.15, 0.2) is 39.9 Å². The lowest BCUT2D eigenvalue weighted by Gasteiger charge is -2.20. The Morgan fingerprint density at radius 1 is 1.03 bits per heavy atom. The first-order valence-electron chi connectivity index (χ1n) is 8.99. The van der Waals surface area contributed by atoms with Crippen LogP contribution in [0.2, 0.25) is 0 Å². The molecule has 0 unspecified atom stereocenters. The normalized spacial score (nSPS) is 14.4. The zero-order valence-electron chi connectivity index (χ0n) is 17.3. The van der Waals surface area contributed by atoms with Gasteiger partial charge in [-0.25, -0.2) is 9.97 Å². The Morgan fingerprint density at radius 3 is 2.45 bits per heavy atom. The molecule has 1 aliphatic carbocycles. The van der Waals surface area contributed by atoms with Gasteiger partial charge in [-0.3, -0.25) is 9.59 Å². The first kappa shape index (κ1) is 22.9. The van der Waals surface area contributed by atoms with Gasteiger partial charge in [-0.05, 0) is 12.3 Å². The molecule has 0 saturated heterocycles. The Hall–Kier alpha value is -2.82. The summed E-state index contributed by atoms with van der Waals surface area (Å²) in [4.78, 5) is 34.2. The van der Waals surface area contributed by atoms with Crippen molar-refractivity contribution in [2.75, 3.05) is 46.1 Å². The number of allylic oxidation sites excluding steroid dienone is 2. The molecule has 11 heteroatoms. The number of hydrogen-bond acceptors (Lipinski definition) is 10. The van der Waals surface area contributed by atoms with E-state index in [-0.39, 0.29) is 21.4 Å². The number of rotatable bonds is 9. The Bertz CT molecular complexity index is 1100. The molecule has 0 fully saturated rings. The van der Waals surface area contributed by atoms with Crippen molar-refractivity contribution in [3.63, 3.8) is 0 Å². The fourth-order valence-electron chi connectivity index (χ4n) is 2.91. The van der Waals surface area contributed by atoms with Gasteiger partial charge in [0.15, 0.2) is 17.3 Å². The van der Waals surface area contributed by atoms with Crippen LogP contribution < -0.4 is 14.8 Å². The van der Waals surface area contributed by atoms with Crippen LogP contribution in [-0.2, 0) is 19.1 Å². The molecule has 0 aliphatic heterocycles. The van der Waals surface area contributed by atoms with E-state index < -0.39 is 11.6 Å². The minimum absolute atomic E-state index is 0.0261. The van der Waals surface area contributed by atoms with Gasteiger partial charge in [0.05, 0.1) is 31.2 Å². The first-order valence-corrected chi connectivity index (χ1v) is 10.6. The minimum Gasteiger partial charge on any atom is -0.493 e. The summed E-state index contributed by atoms with van der Waals surface area (Å²) in [5.41, 5.74) is 0.574. The van der Waals surface area contributed by atoms with E-state index in [9.17, 15) is 9.59 Å². The van der Waals surface area contributed by atoms with Gasteiger partial charge in [-0.15, -0.1) is 11.8 Å². The summed E-state index contributed by atoms with van der Waals surface area (Å²) < 4.78 is 21.2. The van der Waals surface area contributed by atoms with Gasteiger partial charge >= 0.3 is 0 Å². The van der Waals surface area contributed by atoms with Gasteiger partial charge in [-0.1, -0.05) is 11.6 Å². The van der Waals surface area contributed by atoms with Crippen molar-refractivity contribution in [1.29, 1.82) is 0 Å². The number of aromatic nitrogens is 2. The van der Waals surface area contributed by atoms with E-state index in [1.807, 2.05) is 0 Å². The predicted octanol–water partition coefficient (Wildman–Crippen LogP) is 2.90. The minimum atomic E-state index is -0.547. The topological polar surface area (TPSA) is 109 Å². The second kappa shape index (κ2) is 9.99. The van der Waals surface area contributed by atoms with Crippen molar-refractivity contribution in [2.24, 2.45) is 0 Å². The van der Waals surface area contributed by atoms with Crippen molar-refractivity contribution in [3.8, 4) is 11.5 Å². The molecule has 31 heavy (non-hydrogen) atoms. The molecular weight excluding hydrogens is 446 g/mol. The zero-order chi connectivity index (χ0) is 22.5. The summed E-state index contributed by atoms with van der Waals surface area (Å²) in [5.74, 6) is -0.0275. The summed E-state index contributed by atoms with van der Waals surface area (Å²) >= 11 is 7.12. The smallest absolute Gasteiger partial charge is 0.246 e. The van der Waals surface area contributed by atoms with Crippen LogP contribution in [-0.4, -0.2) is 62.3 Å². The number of nitrogens with zero attached hydrogens (tertiary/aromatic N) is 2. The highest BCUT2D eigenvalue weighted by Crippen LogP contribution is 2.37. The van der Waals surface area contributed by atoms with Crippen LogP contribution in [0.5, 0.6) is 11.5 Å². The summed E-state index contributed by atoms with van der Waals surface area (Å²) in [6.07, 6.45) is 3.01. The molecule has 0 spiro atoms. The lowest BCUT2D eigenvalue weighted by Crippen LogP contribution is -2.26. The Morgan fingerprint density at radius 2 is 1.81 bits per heavy atom. The molecule has 164 valence electrons. The molecule has 1 aromatic carbocycles. The summed E-state index contributed by atoms with van der Waals surface area (Å²) in [5, 5.41) is 3.27. The highest BCUT2D eigenvalue weighted by atomic mass is 35.5. The molecule has 0 bridgehead atoms. The zero-order valence-corrected chi connectivity index (χ0v) is 18.8. The van der Waals surface area contributed by atoms with E-state index in [0.29, 0.717) is 41.4 Å². The maximum atomic E-state index is 12.9. The number of nitrogens with one attached hydrogen (secondary N) is 1. The molecule has 0 saturated carbocycles. The number of Topliss-reactive ketones (excluding diaryl/α,β-unsaturated/α-hetero) is 2. The third-order valence-electron chi connectivity index (χ3n) is 4.38. The second-order valence-corrected chi connectivity index (χ2v) is 7.32. The lowest BCUT2D eigenvalue weighted by molar-refractivity contribution is -0.117. The van der Waals surface area contributed by atoms with Crippen LogP contribution in [0.1, 0.15) is 0 Å². The number of halogens is 1. The standard InChI is InChI=1S/C20H20ClN3O6S/c1-27-5-6-30-13-8-11-10(7-12(13)28-2)20(23-9-22-11)24-15-17(26)18(29-3)14(21)16(25)19(15)31-4/h7-9H,5-6H2,1-4H3,(H,22,23,24). The van der Waals surface area contributed by atoms with Gasteiger partial charge < -0.3 is 24.3 Å². The van der Waals surface area contributed by atoms with E-state index in [1.165, 1.54) is 20.5 Å². The van der Waals surface area contributed by atoms with E-state index in [1.54, 1.807) is 25.5 Å². The molecule has 0 amide bonds. The van der Waals surface area contributed by atoms with Crippen LogP contribution in [0.4, 0.5) is 5.82 Å². The fourth-order valence-corrected chi connectivity index (χ4v) is 3.86. The largest absolute Gasteiger partial charge is 0.493 e. The number of hydrogen-bond donors (Lipinski definition) is 1. The molecule has 1 N–H and O–H groups in total. The SMILES string of the molecule is COCCOc1cc2ncnc(NC3=C(SC)C(=O)C(Cl)=C(OC)C3=O)c2cc1OC. The van der Waals surface area contributed by atoms with Crippen molar-refractivity contribution in [1.82, 2.24) is 9.97 Å². The number of ketones is 2. The number of ether oxygens (including phenoxy) is 4. The maximum Gasteiger partial charge on any atom is 0.246 e. The van der Waals surface area contributed by atoms with Gasteiger partial charge in [-0.2, -0.15) is 0 Å². The van der Waals surface area contributed by atoms with Crippen molar-refractivity contribution < 1.29 is 28.5 Å². The van der Waals surface area contributed by atoms with Gasteiger partial charge in [0.2, 0.25) is 11.6 Å². The maximum absolute atomic E-state index is 12.9. The van der Waals surface area contributed by atoms with E-state index in [0.717, 1.165) is 11.8 Å². The molecule has 1 aromatic heterocycles. The Balaban J connectivity index is 2.06. The van der Waals surface area contributed by atoms with Crippen LogP contribution in [0, 0.1) is 0 Å². The molecule has 1 aliphatic rings. The number of methoxy groups -OCH3 is 3. The number of carbonyl (C=O) groups excluding carboxylic acids is 2. The summed E-state index contributed by atoms with van der Waals surface area (Å²) in [6.45, 7) is 0.749. The predicted molar refractivity (Wildman–Crippen MR) is 118 cm³/mol. The van der Waals surface area contributed by atoms with Crippen LogP contribution in [0.3, 0.4) is 0 Å². The quantitative estimate of drug-likeness (QED) is 0.438. The lowest BCUT2D eigenvalue weighted by atomic mass is 10.1. The van der Waals surface area contributed by atoms with E-state index in [4.69, 9.17) is 30.5 Å². The van der Waals surface area contributed by atoms with Crippen molar-refractivity contribution in [3.05, 3.63) is 39.9 Å². The number of carbonyl (C=O) groups is 2. The Labute approximate surface area is 187 Å². The molecule has 2 aromatic rings. The molecular formula is C20H20ClN3O6S. The molecule has 9 nitrogen and oxygen atoms in total. The molecule has 3 rings (SSSR count).